The number of halogens is 1. The molecule has 1 saturated heterocycles. The minimum Gasteiger partial charge on any atom is -0.378 e. The van der Waals surface area contributed by atoms with Crippen molar-refractivity contribution in [3.05, 3.63) is 0 Å². The zero-order chi connectivity index (χ0) is 9.52. The molecule has 0 N–H and O–H groups in total. The van der Waals surface area contributed by atoms with Crippen LogP contribution in [0.15, 0.2) is 0 Å². The molecule has 78 valence electrons. The molecule has 0 amide bonds. The van der Waals surface area contributed by atoms with Crippen LogP contribution in [-0.2, 0) is 13.7 Å². The molecule has 0 saturated carbocycles. The van der Waals surface area contributed by atoms with Gasteiger partial charge in [0, 0.05) is 27.8 Å². The Labute approximate surface area is 95.7 Å². The lowest BCUT2D eigenvalue weighted by Crippen LogP contribution is -2.29. The van der Waals surface area contributed by atoms with Gasteiger partial charge in [-0.2, -0.15) is 0 Å². The highest BCUT2D eigenvalue weighted by molar-refractivity contribution is 14.2. The molecule has 1 heterocycles. The molecule has 5 heteroatoms. The highest BCUT2D eigenvalue weighted by Crippen LogP contribution is 2.17. The fourth-order valence-electron chi connectivity index (χ4n) is 1.39. The maximum absolute atomic E-state index is 5.63. The molecule has 0 aliphatic carbocycles. The van der Waals surface area contributed by atoms with E-state index >= 15 is 0 Å². The van der Waals surface area contributed by atoms with Gasteiger partial charge in [-0.15, -0.1) is 0 Å². The summed E-state index contributed by atoms with van der Waals surface area (Å²) in [5, 5.41) is 0. The Morgan fingerprint density at radius 1 is 1.54 bits per heavy atom. The molecule has 1 fully saturated rings. The summed E-state index contributed by atoms with van der Waals surface area (Å²) in [5.41, 5.74) is 0. The van der Waals surface area contributed by atoms with Gasteiger partial charge in [0.1, 0.15) is 0 Å². The van der Waals surface area contributed by atoms with Gasteiger partial charge in [0.25, 0.3) is 0 Å². The molecule has 13 heavy (non-hydrogen) atoms. The predicted molar refractivity (Wildman–Crippen MR) is 62.0 cm³/mol. The molecule has 0 aromatic carbocycles. The third-order valence-electron chi connectivity index (χ3n) is 2.00. The molecular weight excluding hydrogens is 303 g/mol. The quantitative estimate of drug-likeness (QED) is 0.442. The second-order valence-electron chi connectivity index (χ2n) is 3.08. The Kier molecular flexibility index (Phi) is 6.74. The summed E-state index contributed by atoms with van der Waals surface area (Å²) in [7, 11) is 1.35. The summed E-state index contributed by atoms with van der Waals surface area (Å²) in [6.45, 7) is 4.27. The Hall–Kier alpha value is 0.960. The van der Waals surface area contributed by atoms with E-state index < -0.39 is 0 Å². The Morgan fingerprint density at radius 3 is 3.08 bits per heavy atom. The van der Waals surface area contributed by atoms with Crippen molar-refractivity contribution in [2.45, 2.75) is 32.0 Å². The summed E-state index contributed by atoms with van der Waals surface area (Å²) < 4.78 is 16.2. The molecule has 1 aliphatic rings. The molecule has 2 unspecified atom stereocenters. The van der Waals surface area contributed by atoms with Gasteiger partial charge in [0.15, 0.2) is 0 Å². The number of rotatable bonds is 5. The van der Waals surface area contributed by atoms with Crippen LogP contribution in [0.4, 0.5) is 0 Å². The van der Waals surface area contributed by atoms with Gasteiger partial charge in [-0.25, -0.2) is 0 Å². The van der Waals surface area contributed by atoms with Crippen LogP contribution in [0.3, 0.4) is 0 Å². The van der Waals surface area contributed by atoms with Gasteiger partial charge in [0.05, 0.1) is 34.6 Å². The molecule has 0 spiro atoms. The van der Waals surface area contributed by atoms with E-state index in [0.29, 0.717) is 25.4 Å². The van der Waals surface area contributed by atoms with Gasteiger partial charge < -0.3 is 13.7 Å². The smallest absolute Gasteiger partial charge is 0.0857 e. The number of ether oxygens (including phenoxy) is 2. The first kappa shape index (κ1) is 12.0. The largest absolute Gasteiger partial charge is 0.378 e. The third kappa shape index (κ3) is 5.41. The van der Waals surface area contributed by atoms with Crippen LogP contribution >= 0.6 is 30.4 Å². The van der Waals surface area contributed by atoms with Crippen LogP contribution in [0.2, 0.25) is 0 Å². The molecule has 3 nitrogen and oxygen atoms in total. The Balaban J connectivity index is 2.00. The van der Waals surface area contributed by atoms with E-state index in [2.05, 4.69) is 28.1 Å². The van der Waals surface area contributed by atoms with Crippen molar-refractivity contribution in [1.29, 1.82) is 0 Å². The van der Waals surface area contributed by atoms with Gasteiger partial charge >= 0.3 is 0 Å². The van der Waals surface area contributed by atoms with E-state index in [1.807, 2.05) is 0 Å². The van der Waals surface area contributed by atoms with Crippen molar-refractivity contribution in [2.75, 3.05) is 19.8 Å². The topological polar surface area (TPSA) is 27.7 Å². The number of hydrogen-bond acceptors (Lipinski definition) is 4. The lowest BCUT2D eigenvalue weighted by atomic mass is 10.1. The lowest BCUT2D eigenvalue weighted by molar-refractivity contribution is -0.0692. The highest BCUT2D eigenvalue weighted by Gasteiger charge is 2.19. The fraction of sp³-hybridized carbons (Fsp3) is 1.00. The summed E-state index contributed by atoms with van der Waals surface area (Å²) >= 11 is 2.10. The molecule has 1 rings (SSSR count). The molecule has 2 atom stereocenters. The fourth-order valence-corrected chi connectivity index (χ4v) is 2.06. The summed E-state index contributed by atoms with van der Waals surface area (Å²) in [4.78, 5) is 0. The Morgan fingerprint density at radius 2 is 2.38 bits per heavy atom. The average Bonchev–Trinajstić information content (AvgIpc) is 2.13. The first-order valence-corrected chi connectivity index (χ1v) is 7.74. The third-order valence-corrected chi connectivity index (χ3v) is 3.02. The van der Waals surface area contributed by atoms with E-state index in [0.717, 1.165) is 19.4 Å². The summed E-state index contributed by atoms with van der Waals surface area (Å²) in [5.74, 6) is 0. The molecule has 1 aliphatic heterocycles. The molecule has 0 aromatic rings. The van der Waals surface area contributed by atoms with Gasteiger partial charge in [-0.3, -0.25) is 0 Å². The standard InChI is InChI=1S/C8H15IO3S/c1-7-6-8(2-3-10-7)11-4-5-12-13-9/h7-8H,2-6H2,1H3. The van der Waals surface area contributed by atoms with E-state index in [1.165, 1.54) is 9.21 Å². The van der Waals surface area contributed by atoms with E-state index in [1.54, 1.807) is 0 Å². The zero-order valence-electron chi connectivity index (χ0n) is 7.70. The molecule has 0 bridgehead atoms. The van der Waals surface area contributed by atoms with Crippen molar-refractivity contribution in [3.63, 3.8) is 0 Å². The summed E-state index contributed by atoms with van der Waals surface area (Å²) in [6.07, 6.45) is 2.74. The maximum Gasteiger partial charge on any atom is 0.0857 e. The van der Waals surface area contributed by atoms with E-state index in [4.69, 9.17) is 13.7 Å². The van der Waals surface area contributed by atoms with Crippen molar-refractivity contribution in [3.8, 4) is 0 Å². The monoisotopic (exact) mass is 318 g/mol. The zero-order valence-corrected chi connectivity index (χ0v) is 10.7. The first-order chi connectivity index (χ1) is 6.33. The number of hydrogen-bond donors (Lipinski definition) is 0. The molecular formula is C8H15IO3S. The van der Waals surface area contributed by atoms with Gasteiger partial charge in [0.2, 0.25) is 0 Å². The maximum atomic E-state index is 5.63. The second kappa shape index (κ2) is 7.28. The van der Waals surface area contributed by atoms with Crippen LogP contribution in [0.25, 0.3) is 0 Å². The van der Waals surface area contributed by atoms with Crippen LogP contribution < -0.4 is 0 Å². The minimum atomic E-state index is 0.346. The minimum absolute atomic E-state index is 0.346. The van der Waals surface area contributed by atoms with Crippen molar-refractivity contribution >= 4 is 30.4 Å². The SMILES string of the molecule is CC1CC(OCCOSI)CCO1. The van der Waals surface area contributed by atoms with Crippen LogP contribution in [-0.4, -0.2) is 32.0 Å². The van der Waals surface area contributed by atoms with Crippen LogP contribution in [0.1, 0.15) is 19.8 Å². The average molecular weight is 318 g/mol. The van der Waals surface area contributed by atoms with Crippen LogP contribution in [0, 0.1) is 0 Å². The van der Waals surface area contributed by atoms with Crippen molar-refractivity contribution < 1.29 is 13.7 Å². The normalized spacial score (nSPS) is 29.1. The van der Waals surface area contributed by atoms with Crippen LogP contribution in [0.5, 0.6) is 0 Å². The van der Waals surface area contributed by atoms with Crippen molar-refractivity contribution in [2.24, 2.45) is 0 Å². The highest BCUT2D eigenvalue weighted by atomic mass is 127. The summed E-state index contributed by atoms with van der Waals surface area (Å²) in [6, 6.07) is 0. The van der Waals surface area contributed by atoms with E-state index in [-0.39, 0.29) is 0 Å². The van der Waals surface area contributed by atoms with Crippen molar-refractivity contribution in [1.82, 2.24) is 0 Å². The Bertz CT molecular complexity index is 137. The van der Waals surface area contributed by atoms with Gasteiger partial charge in [-0.05, 0) is 19.8 Å². The van der Waals surface area contributed by atoms with E-state index in [9.17, 15) is 0 Å². The lowest BCUT2D eigenvalue weighted by Gasteiger charge is -2.27. The second-order valence-corrected chi connectivity index (χ2v) is 4.52. The molecule has 0 radical (unpaired) electrons. The molecule has 0 aromatic heterocycles. The van der Waals surface area contributed by atoms with Gasteiger partial charge in [-0.1, -0.05) is 0 Å². The first-order valence-electron chi connectivity index (χ1n) is 4.46. The predicted octanol–water partition coefficient (Wildman–Crippen LogP) is 2.59.